The van der Waals surface area contributed by atoms with E-state index in [0.717, 1.165) is 22.9 Å². The van der Waals surface area contributed by atoms with Gasteiger partial charge in [0.05, 0.1) is 11.8 Å². The molecule has 2 amide bonds. The predicted molar refractivity (Wildman–Crippen MR) is 68.7 cm³/mol. The minimum Gasteiger partial charge on any atom is -0.273 e. The van der Waals surface area contributed by atoms with Crippen LogP contribution in [0.2, 0.25) is 0 Å². The number of carbonyl (C=O) groups excluding carboxylic acids is 2. The van der Waals surface area contributed by atoms with E-state index in [2.05, 4.69) is 6.58 Å². The van der Waals surface area contributed by atoms with Gasteiger partial charge in [-0.15, -0.1) is 0 Å². The lowest BCUT2D eigenvalue weighted by atomic mass is 10.00. The number of imide groups is 1. The second-order valence-electron chi connectivity index (χ2n) is 3.98. The molecule has 0 aliphatic carbocycles. The van der Waals surface area contributed by atoms with Gasteiger partial charge in [-0.2, -0.15) is 0 Å². The van der Waals surface area contributed by atoms with Crippen molar-refractivity contribution in [2.24, 2.45) is 0 Å². The molecule has 1 aliphatic rings. The largest absolute Gasteiger partial charge is 0.289 e. The average molecular weight is 247 g/mol. The lowest BCUT2D eigenvalue weighted by molar-refractivity contribution is -0.125. The molecule has 3 nitrogen and oxygen atoms in total. The van der Waals surface area contributed by atoms with Crippen molar-refractivity contribution in [2.45, 2.75) is 13.0 Å². The molecule has 1 fully saturated rings. The Labute approximate surface area is 104 Å². The van der Waals surface area contributed by atoms with Gasteiger partial charge in [0.1, 0.15) is 0 Å². The van der Waals surface area contributed by atoms with Gasteiger partial charge in [0.2, 0.25) is 5.91 Å². The average Bonchev–Trinajstić information content (AvgIpc) is 2.62. The van der Waals surface area contributed by atoms with Gasteiger partial charge in [-0.1, -0.05) is 54.2 Å². The smallest absolute Gasteiger partial charge is 0.273 e. The SMILES string of the molecule is C=C(C)[C@@H](c1ccccc1)N1C(=O)CSC1=O. The van der Waals surface area contributed by atoms with Gasteiger partial charge < -0.3 is 0 Å². The van der Waals surface area contributed by atoms with Crippen molar-refractivity contribution in [3.63, 3.8) is 0 Å². The molecule has 4 heteroatoms. The Morgan fingerprint density at radius 3 is 2.47 bits per heavy atom. The summed E-state index contributed by atoms with van der Waals surface area (Å²) < 4.78 is 0. The Kier molecular flexibility index (Phi) is 3.33. The number of benzene rings is 1. The van der Waals surface area contributed by atoms with Crippen LogP contribution in [0.25, 0.3) is 0 Å². The zero-order valence-corrected chi connectivity index (χ0v) is 10.4. The molecule has 17 heavy (non-hydrogen) atoms. The molecule has 0 unspecified atom stereocenters. The molecule has 1 atom stereocenters. The Hall–Kier alpha value is -1.55. The van der Waals surface area contributed by atoms with Crippen molar-refractivity contribution in [1.82, 2.24) is 4.90 Å². The summed E-state index contributed by atoms with van der Waals surface area (Å²) in [4.78, 5) is 24.8. The summed E-state index contributed by atoms with van der Waals surface area (Å²) in [6.45, 7) is 5.72. The minimum absolute atomic E-state index is 0.142. The van der Waals surface area contributed by atoms with Gasteiger partial charge >= 0.3 is 0 Å². The number of thioether (sulfide) groups is 1. The van der Waals surface area contributed by atoms with Crippen LogP contribution in [0, 0.1) is 0 Å². The van der Waals surface area contributed by atoms with Crippen LogP contribution in [0.4, 0.5) is 4.79 Å². The fraction of sp³-hybridized carbons (Fsp3) is 0.231. The first kappa shape index (κ1) is 11.9. The monoisotopic (exact) mass is 247 g/mol. The summed E-state index contributed by atoms with van der Waals surface area (Å²) in [5.41, 5.74) is 1.71. The zero-order valence-electron chi connectivity index (χ0n) is 9.55. The maximum absolute atomic E-state index is 11.7. The predicted octanol–water partition coefficient (Wildman–Crippen LogP) is 3.00. The van der Waals surface area contributed by atoms with Crippen molar-refractivity contribution in [3.05, 3.63) is 48.0 Å². The van der Waals surface area contributed by atoms with E-state index in [-0.39, 0.29) is 22.9 Å². The summed E-state index contributed by atoms with van der Waals surface area (Å²) in [5, 5.41) is -0.188. The number of rotatable bonds is 3. The van der Waals surface area contributed by atoms with Gasteiger partial charge in [0.25, 0.3) is 5.24 Å². The van der Waals surface area contributed by atoms with Crippen molar-refractivity contribution in [3.8, 4) is 0 Å². The summed E-state index contributed by atoms with van der Waals surface area (Å²) >= 11 is 1.05. The van der Waals surface area contributed by atoms with Gasteiger partial charge in [0.15, 0.2) is 0 Å². The highest BCUT2D eigenvalue weighted by atomic mass is 32.2. The van der Waals surface area contributed by atoms with E-state index in [9.17, 15) is 9.59 Å². The Morgan fingerprint density at radius 2 is 2.00 bits per heavy atom. The number of hydrogen-bond donors (Lipinski definition) is 0. The molecule has 1 heterocycles. The van der Waals surface area contributed by atoms with Crippen LogP contribution in [-0.4, -0.2) is 21.8 Å². The first-order valence-electron chi connectivity index (χ1n) is 5.30. The molecule has 0 aromatic heterocycles. The van der Waals surface area contributed by atoms with E-state index in [1.54, 1.807) is 0 Å². The molecule has 2 rings (SSSR count). The van der Waals surface area contributed by atoms with Crippen LogP contribution in [-0.2, 0) is 4.79 Å². The van der Waals surface area contributed by atoms with Gasteiger partial charge in [-0.25, -0.2) is 0 Å². The van der Waals surface area contributed by atoms with Crippen molar-refractivity contribution < 1.29 is 9.59 Å². The molecule has 0 spiro atoms. The van der Waals surface area contributed by atoms with E-state index >= 15 is 0 Å². The molecule has 1 aliphatic heterocycles. The summed E-state index contributed by atoms with van der Waals surface area (Å²) in [6.07, 6.45) is 0. The molecular formula is C13H13NO2S. The molecule has 1 aromatic rings. The first-order valence-corrected chi connectivity index (χ1v) is 6.29. The number of carbonyl (C=O) groups is 2. The maximum Gasteiger partial charge on any atom is 0.289 e. The normalized spacial score (nSPS) is 17.4. The highest BCUT2D eigenvalue weighted by Crippen LogP contribution is 2.33. The summed E-state index contributed by atoms with van der Waals surface area (Å²) in [5.74, 6) is 0.0898. The number of hydrogen-bond acceptors (Lipinski definition) is 3. The second-order valence-corrected chi connectivity index (χ2v) is 4.90. The van der Waals surface area contributed by atoms with Crippen LogP contribution in [0.15, 0.2) is 42.5 Å². The van der Waals surface area contributed by atoms with Crippen LogP contribution in [0.5, 0.6) is 0 Å². The molecule has 0 bridgehead atoms. The fourth-order valence-electron chi connectivity index (χ4n) is 1.90. The van der Waals surface area contributed by atoms with Crippen molar-refractivity contribution >= 4 is 22.9 Å². The van der Waals surface area contributed by atoms with E-state index < -0.39 is 0 Å². The molecule has 0 N–H and O–H groups in total. The van der Waals surface area contributed by atoms with E-state index in [0.29, 0.717) is 0 Å². The van der Waals surface area contributed by atoms with Crippen molar-refractivity contribution in [1.29, 1.82) is 0 Å². The lowest BCUT2D eigenvalue weighted by Gasteiger charge is -2.26. The first-order chi connectivity index (χ1) is 8.11. The van der Waals surface area contributed by atoms with Crippen LogP contribution in [0.1, 0.15) is 18.5 Å². The second kappa shape index (κ2) is 4.75. The topological polar surface area (TPSA) is 37.4 Å². The Morgan fingerprint density at radius 1 is 1.35 bits per heavy atom. The maximum atomic E-state index is 11.7. The molecule has 0 saturated carbocycles. The van der Waals surface area contributed by atoms with Crippen molar-refractivity contribution in [2.75, 3.05) is 5.75 Å². The molecule has 88 valence electrons. The van der Waals surface area contributed by atoms with Gasteiger partial charge in [0, 0.05) is 0 Å². The molecule has 0 radical (unpaired) electrons. The van der Waals surface area contributed by atoms with Crippen LogP contribution in [0.3, 0.4) is 0 Å². The third kappa shape index (κ3) is 2.26. The summed E-state index contributed by atoms with van der Waals surface area (Å²) in [7, 11) is 0. The van der Waals surface area contributed by atoms with Crippen LogP contribution < -0.4 is 0 Å². The quantitative estimate of drug-likeness (QED) is 0.770. The Bertz CT molecular complexity index is 454. The molecule has 1 aromatic carbocycles. The highest BCUT2D eigenvalue weighted by Gasteiger charge is 2.36. The van der Waals surface area contributed by atoms with E-state index in [1.165, 1.54) is 4.90 Å². The zero-order chi connectivity index (χ0) is 12.4. The van der Waals surface area contributed by atoms with E-state index in [4.69, 9.17) is 0 Å². The third-order valence-corrected chi connectivity index (χ3v) is 3.46. The Balaban J connectivity index is 2.40. The van der Waals surface area contributed by atoms with Gasteiger partial charge in [-0.05, 0) is 12.5 Å². The minimum atomic E-state index is -0.341. The lowest BCUT2D eigenvalue weighted by Crippen LogP contribution is -2.33. The standard InChI is InChI=1S/C13H13NO2S/c1-9(2)12(10-6-4-3-5-7-10)14-11(15)8-17-13(14)16/h3-7,12H,1,8H2,2H3/t12-/m0/s1. The number of nitrogens with zero attached hydrogens (tertiary/aromatic N) is 1. The highest BCUT2D eigenvalue weighted by molar-refractivity contribution is 8.14. The molecular weight excluding hydrogens is 234 g/mol. The molecule has 1 saturated heterocycles. The summed E-state index contributed by atoms with van der Waals surface area (Å²) in [6, 6.07) is 9.16. The van der Waals surface area contributed by atoms with Gasteiger partial charge in [-0.3, -0.25) is 14.5 Å². The third-order valence-electron chi connectivity index (χ3n) is 2.62. The fourth-order valence-corrected chi connectivity index (χ4v) is 2.64. The van der Waals surface area contributed by atoms with Crippen LogP contribution >= 0.6 is 11.8 Å². The number of amides is 2. The van der Waals surface area contributed by atoms with E-state index in [1.807, 2.05) is 37.3 Å².